The van der Waals surface area contributed by atoms with E-state index in [-0.39, 0.29) is 11.6 Å². The molecule has 0 spiro atoms. The molecule has 0 aliphatic carbocycles. The molecule has 106 valence electrons. The summed E-state index contributed by atoms with van der Waals surface area (Å²) >= 11 is 0. The van der Waals surface area contributed by atoms with Crippen LogP contribution in [0.15, 0.2) is 53.7 Å². The highest BCUT2D eigenvalue weighted by molar-refractivity contribution is 5.89. The highest BCUT2D eigenvalue weighted by Gasteiger charge is 2.14. The number of allylic oxidation sites excluding steroid dienone is 1. The lowest BCUT2D eigenvalue weighted by Gasteiger charge is -2.06. The van der Waals surface area contributed by atoms with E-state index >= 15 is 0 Å². The summed E-state index contributed by atoms with van der Waals surface area (Å²) in [5, 5.41) is 18.0. The van der Waals surface area contributed by atoms with Crippen LogP contribution in [0, 0.1) is 15.5 Å². The molecule has 2 rings (SSSR count). The summed E-state index contributed by atoms with van der Waals surface area (Å²) in [7, 11) is 0. The zero-order chi connectivity index (χ0) is 15.2. The van der Waals surface area contributed by atoms with Gasteiger partial charge in [-0.1, -0.05) is 12.1 Å². The fourth-order valence-electron chi connectivity index (χ4n) is 1.84. The van der Waals surface area contributed by atoms with Crippen LogP contribution in [0.25, 0.3) is 11.8 Å². The van der Waals surface area contributed by atoms with Crippen LogP contribution < -0.4 is 5.73 Å². The van der Waals surface area contributed by atoms with E-state index in [1.807, 2.05) is 6.07 Å². The largest absolute Gasteiger partial charge is 0.368 e. The van der Waals surface area contributed by atoms with Gasteiger partial charge < -0.3 is 10.3 Å². The van der Waals surface area contributed by atoms with Crippen LogP contribution in [-0.2, 0) is 0 Å². The first-order chi connectivity index (χ1) is 10.1. The molecule has 3 N–H and O–H groups in total. The number of hydrogen-bond acceptors (Lipinski definition) is 3. The lowest BCUT2D eigenvalue weighted by atomic mass is 10.2. The van der Waals surface area contributed by atoms with Crippen molar-refractivity contribution >= 4 is 23.9 Å². The standard InChI is InChI=1S/C14H13N5O2/c15-14(16)17-9-3-5-11-6-4-10-18(11)12-7-1-2-8-13(12)19(20)21/h1-10H,(H3,15,16). The van der Waals surface area contributed by atoms with Crippen LogP contribution in [-0.4, -0.2) is 21.7 Å². The zero-order valence-electron chi connectivity index (χ0n) is 11.0. The lowest BCUT2D eigenvalue weighted by Crippen LogP contribution is -2.04. The van der Waals surface area contributed by atoms with Crippen molar-refractivity contribution < 1.29 is 4.92 Å². The number of hydrogen-bond donors (Lipinski definition) is 2. The fraction of sp³-hybridized carbons (Fsp3) is 0. The van der Waals surface area contributed by atoms with Crippen molar-refractivity contribution in [1.29, 1.82) is 5.41 Å². The van der Waals surface area contributed by atoms with Crippen molar-refractivity contribution in [3.05, 3.63) is 64.5 Å². The van der Waals surface area contributed by atoms with Crippen LogP contribution >= 0.6 is 0 Å². The summed E-state index contributed by atoms with van der Waals surface area (Å²) in [5.74, 6) is -0.284. The Morgan fingerprint density at radius 3 is 2.81 bits per heavy atom. The Kier molecular flexibility index (Phi) is 4.25. The number of nitro benzene ring substituents is 1. The third-order valence-corrected chi connectivity index (χ3v) is 2.68. The molecule has 0 saturated heterocycles. The van der Waals surface area contributed by atoms with Gasteiger partial charge in [-0.15, -0.1) is 0 Å². The summed E-state index contributed by atoms with van der Waals surface area (Å²) < 4.78 is 1.70. The van der Waals surface area contributed by atoms with Gasteiger partial charge in [-0.2, -0.15) is 0 Å². The van der Waals surface area contributed by atoms with E-state index in [0.29, 0.717) is 5.69 Å². The van der Waals surface area contributed by atoms with Gasteiger partial charge in [-0.25, -0.2) is 4.99 Å². The van der Waals surface area contributed by atoms with Crippen LogP contribution in [0.3, 0.4) is 0 Å². The Hall–Kier alpha value is -3.22. The maximum absolute atomic E-state index is 11.1. The van der Waals surface area contributed by atoms with E-state index < -0.39 is 4.92 Å². The molecule has 0 aliphatic heterocycles. The molecule has 0 aliphatic rings. The summed E-state index contributed by atoms with van der Waals surface area (Å²) in [4.78, 5) is 14.3. The Morgan fingerprint density at radius 2 is 2.10 bits per heavy atom. The van der Waals surface area contributed by atoms with Gasteiger partial charge in [0.15, 0.2) is 0 Å². The number of nitrogens with two attached hydrogens (primary N) is 1. The van der Waals surface area contributed by atoms with Crippen molar-refractivity contribution in [2.24, 2.45) is 10.7 Å². The van der Waals surface area contributed by atoms with Crippen LogP contribution in [0.4, 0.5) is 5.69 Å². The third kappa shape index (κ3) is 3.41. The molecule has 0 amide bonds. The van der Waals surface area contributed by atoms with Crippen molar-refractivity contribution in [1.82, 2.24) is 4.57 Å². The van der Waals surface area contributed by atoms with Crippen molar-refractivity contribution in [3.8, 4) is 5.69 Å². The van der Waals surface area contributed by atoms with E-state index in [0.717, 1.165) is 5.69 Å². The maximum Gasteiger partial charge on any atom is 0.293 e. The van der Waals surface area contributed by atoms with Crippen molar-refractivity contribution in [2.75, 3.05) is 0 Å². The van der Waals surface area contributed by atoms with E-state index in [2.05, 4.69) is 4.99 Å². The van der Waals surface area contributed by atoms with Gasteiger partial charge in [0.1, 0.15) is 5.69 Å². The molecule has 0 bridgehead atoms. The minimum atomic E-state index is -0.417. The Labute approximate surface area is 120 Å². The molecule has 21 heavy (non-hydrogen) atoms. The fourth-order valence-corrected chi connectivity index (χ4v) is 1.84. The van der Waals surface area contributed by atoms with Gasteiger partial charge in [0.2, 0.25) is 5.96 Å². The Balaban J connectivity index is 2.37. The first-order valence-corrected chi connectivity index (χ1v) is 6.05. The van der Waals surface area contributed by atoms with E-state index in [1.165, 1.54) is 12.3 Å². The van der Waals surface area contributed by atoms with Gasteiger partial charge in [0.25, 0.3) is 5.69 Å². The second-order valence-electron chi connectivity index (χ2n) is 4.07. The molecule has 0 radical (unpaired) electrons. The number of benzene rings is 1. The number of aromatic nitrogens is 1. The Morgan fingerprint density at radius 1 is 1.33 bits per heavy atom. The monoisotopic (exact) mass is 283 g/mol. The van der Waals surface area contributed by atoms with Crippen LogP contribution in [0.1, 0.15) is 5.69 Å². The van der Waals surface area contributed by atoms with Crippen LogP contribution in [0.2, 0.25) is 0 Å². The quantitative estimate of drug-likeness (QED) is 0.389. The number of aliphatic imine (C=N–C) groups is 1. The van der Waals surface area contributed by atoms with Gasteiger partial charge in [0.05, 0.1) is 4.92 Å². The topological polar surface area (TPSA) is 110 Å². The van der Waals surface area contributed by atoms with Gasteiger partial charge >= 0.3 is 0 Å². The first-order valence-electron chi connectivity index (χ1n) is 6.05. The summed E-state index contributed by atoms with van der Waals surface area (Å²) in [6, 6.07) is 10.1. The number of guanidine groups is 1. The number of para-hydroxylation sites is 2. The molecule has 7 heteroatoms. The molecule has 7 nitrogen and oxygen atoms in total. The molecule has 0 saturated carbocycles. The predicted octanol–water partition coefficient (Wildman–Crippen LogP) is 2.36. The molecule has 1 aromatic heterocycles. The third-order valence-electron chi connectivity index (χ3n) is 2.68. The minimum Gasteiger partial charge on any atom is -0.368 e. The molecule has 1 heterocycles. The summed E-state index contributed by atoms with van der Waals surface area (Å²) in [6.45, 7) is 0. The summed E-state index contributed by atoms with van der Waals surface area (Å²) in [6.07, 6.45) is 6.47. The molecule has 1 aromatic carbocycles. The first kappa shape index (κ1) is 14.2. The second kappa shape index (κ2) is 6.29. The zero-order valence-corrected chi connectivity index (χ0v) is 11.0. The number of nitrogens with one attached hydrogen (secondary N) is 1. The molecule has 0 atom stereocenters. The van der Waals surface area contributed by atoms with Crippen LogP contribution in [0.5, 0.6) is 0 Å². The highest BCUT2D eigenvalue weighted by atomic mass is 16.6. The van der Waals surface area contributed by atoms with E-state index in [9.17, 15) is 10.1 Å². The van der Waals surface area contributed by atoms with E-state index in [4.69, 9.17) is 11.1 Å². The smallest absolute Gasteiger partial charge is 0.293 e. The molecule has 2 aromatic rings. The minimum absolute atomic E-state index is 0.0285. The normalized spacial score (nSPS) is 11.2. The lowest BCUT2D eigenvalue weighted by molar-refractivity contribution is -0.384. The molecule has 0 unspecified atom stereocenters. The summed E-state index contributed by atoms with van der Waals surface area (Å²) in [5.41, 5.74) is 6.36. The van der Waals surface area contributed by atoms with Gasteiger partial charge in [0, 0.05) is 24.2 Å². The van der Waals surface area contributed by atoms with Gasteiger partial charge in [-0.05, 0) is 30.4 Å². The molecular weight excluding hydrogens is 270 g/mol. The maximum atomic E-state index is 11.1. The number of nitro groups is 1. The number of nitrogens with zero attached hydrogens (tertiary/aromatic N) is 3. The number of rotatable bonds is 4. The molecule has 0 fully saturated rings. The predicted molar refractivity (Wildman–Crippen MR) is 81.9 cm³/mol. The average Bonchev–Trinajstić information content (AvgIpc) is 2.91. The van der Waals surface area contributed by atoms with Gasteiger partial charge in [-0.3, -0.25) is 15.5 Å². The Bertz CT molecular complexity index is 730. The SMILES string of the molecule is N=C(N)N=CC=Cc1cccn1-c1ccccc1[N+](=O)[O-]. The van der Waals surface area contributed by atoms with Crippen molar-refractivity contribution in [2.45, 2.75) is 0 Å². The highest BCUT2D eigenvalue weighted by Crippen LogP contribution is 2.24. The van der Waals surface area contributed by atoms with E-state index in [1.54, 1.807) is 47.2 Å². The average molecular weight is 283 g/mol. The molecular formula is C14H13N5O2. The van der Waals surface area contributed by atoms with Crippen molar-refractivity contribution in [3.63, 3.8) is 0 Å². The second-order valence-corrected chi connectivity index (χ2v) is 4.07.